The first-order valence-corrected chi connectivity index (χ1v) is 4.98. The Balaban J connectivity index is 2.88. The topological polar surface area (TPSA) is 22.0 Å². The van der Waals surface area contributed by atoms with Gasteiger partial charge in [-0.05, 0) is 29.7 Å². The van der Waals surface area contributed by atoms with E-state index in [0.717, 1.165) is 10.5 Å². The summed E-state index contributed by atoms with van der Waals surface area (Å²) in [6, 6.07) is 7.48. The Morgan fingerprint density at radius 3 is 2.60 bits per heavy atom. The molecular formula is C10H6BrF2NO. The van der Waals surface area contributed by atoms with Crippen molar-refractivity contribution in [2.45, 2.75) is 6.55 Å². The van der Waals surface area contributed by atoms with E-state index in [4.69, 9.17) is 0 Å². The van der Waals surface area contributed by atoms with E-state index in [2.05, 4.69) is 15.9 Å². The molecule has 78 valence electrons. The highest BCUT2D eigenvalue weighted by molar-refractivity contribution is 9.10. The van der Waals surface area contributed by atoms with Crippen LogP contribution in [0.4, 0.5) is 8.78 Å². The molecule has 0 saturated carbocycles. The molecule has 0 spiro atoms. The number of nitrogens with zero attached hydrogens (tertiary/aromatic N) is 1. The summed E-state index contributed by atoms with van der Waals surface area (Å²) >= 11 is 3.24. The predicted molar refractivity (Wildman–Crippen MR) is 57.2 cm³/mol. The standard InChI is InChI=1S/C10H6BrF2NO/c11-7-2-3-8-6(5-7)1-4-9(15)14(8)10(12)13/h1-5,10H. The Kier molecular flexibility index (Phi) is 2.56. The van der Waals surface area contributed by atoms with E-state index in [1.165, 1.54) is 12.1 Å². The Hall–Kier alpha value is -1.23. The van der Waals surface area contributed by atoms with Crippen molar-refractivity contribution in [3.8, 4) is 0 Å². The lowest BCUT2D eigenvalue weighted by Crippen LogP contribution is -2.19. The van der Waals surface area contributed by atoms with Crippen LogP contribution in [0.25, 0.3) is 10.9 Å². The second kappa shape index (κ2) is 3.73. The highest BCUT2D eigenvalue weighted by Crippen LogP contribution is 2.21. The summed E-state index contributed by atoms with van der Waals surface area (Å²) in [5.41, 5.74) is -0.458. The molecule has 1 aromatic heterocycles. The molecule has 0 fully saturated rings. The molecule has 0 saturated heterocycles. The highest BCUT2D eigenvalue weighted by atomic mass is 79.9. The summed E-state index contributed by atoms with van der Waals surface area (Å²) in [5.74, 6) is 0. The molecule has 2 aromatic rings. The number of aromatic nitrogens is 1. The summed E-state index contributed by atoms with van der Waals surface area (Å²) in [5, 5.41) is 0.601. The molecule has 0 amide bonds. The van der Waals surface area contributed by atoms with Crippen molar-refractivity contribution >= 4 is 26.8 Å². The lowest BCUT2D eigenvalue weighted by molar-refractivity contribution is 0.0714. The first-order valence-electron chi connectivity index (χ1n) is 4.18. The molecule has 0 aliphatic carbocycles. The van der Waals surface area contributed by atoms with Crippen LogP contribution in [0.15, 0.2) is 39.6 Å². The largest absolute Gasteiger partial charge is 0.321 e. The van der Waals surface area contributed by atoms with Crippen LogP contribution in [0.3, 0.4) is 0 Å². The van der Waals surface area contributed by atoms with Crippen molar-refractivity contribution in [3.63, 3.8) is 0 Å². The van der Waals surface area contributed by atoms with E-state index in [1.54, 1.807) is 12.1 Å². The van der Waals surface area contributed by atoms with Crippen LogP contribution in [-0.2, 0) is 0 Å². The summed E-state index contributed by atoms with van der Waals surface area (Å²) in [4.78, 5) is 11.2. The van der Waals surface area contributed by atoms with Gasteiger partial charge < -0.3 is 0 Å². The molecule has 1 aromatic carbocycles. The second-order valence-electron chi connectivity index (χ2n) is 3.02. The smallest absolute Gasteiger partial charge is 0.269 e. The first kappa shape index (κ1) is 10.3. The average molecular weight is 274 g/mol. The molecule has 15 heavy (non-hydrogen) atoms. The number of rotatable bonds is 1. The van der Waals surface area contributed by atoms with Crippen molar-refractivity contribution < 1.29 is 8.78 Å². The maximum Gasteiger partial charge on any atom is 0.321 e. The zero-order valence-electron chi connectivity index (χ0n) is 7.45. The Morgan fingerprint density at radius 2 is 1.93 bits per heavy atom. The minimum atomic E-state index is -2.82. The maximum absolute atomic E-state index is 12.6. The molecule has 0 N–H and O–H groups in total. The molecule has 5 heteroatoms. The fourth-order valence-electron chi connectivity index (χ4n) is 1.44. The molecule has 0 aliphatic rings. The van der Waals surface area contributed by atoms with Gasteiger partial charge in [-0.1, -0.05) is 15.9 Å². The van der Waals surface area contributed by atoms with E-state index >= 15 is 0 Å². The normalized spacial score (nSPS) is 11.2. The molecule has 0 aliphatic heterocycles. The van der Waals surface area contributed by atoms with Crippen LogP contribution >= 0.6 is 15.9 Å². The van der Waals surface area contributed by atoms with Gasteiger partial charge in [-0.25, -0.2) is 0 Å². The molecule has 1 heterocycles. The number of benzene rings is 1. The minimum absolute atomic E-state index is 0.237. The zero-order valence-corrected chi connectivity index (χ0v) is 9.04. The SMILES string of the molecule is O=c1ccc2cc(Br)ccc2n1C(F)F. The van der Waals surface area contributed by atoms with Gasteiger partial charge in [0.2, 0.25) is 0 Å². The Morgan fingerprint density at radius 1 is 1.20 bits per heavy atom. The van der Waals surface area contributed by atoms with Crippen LogP contribution in [0, 0.1) is 0 Å². The van der Waals surface area contributed by atoms with Crippen LogP contribution in [-0.4, -0.2) is 4.57 Å². The van der Waals surface area contributed by atoms with Gasteiger partial charge >= 0.3 is 6.55 Å². The lowest BCUT2D eigenvalue weighted by atomic mass is 10.2. The van der Waals surface area contributed by atoms with Gasteiger partial charge in [-0.3, -0.25) is 9.36 Å². The Bertz CT molecular complexity index is 565. The number of pyridine rings is 1. The van der Waals surface area contributed by atoms with Gasteiger partial charge in [0.05, 0.1) is 5.52 Å². The van der Waals surface area contributed by atoms with Crippen LogP contribution in [0.1, 0.15) is 6.55 Å². The molecular weight excluding hydrogens is 268 g/mol. The van der Waals surface area contributed by atoms with Crippen LogP contribution in [0.5, 0.6) is 0 Å². The van der Waals surface area contributed by atoms with E-state index in [-0.39, 0.29) is 5.52 Å². The van der Waals surface area contributed by atoms with E-state index < -0.39 is 12.1 Å². The summed E-state index contributed by atoms with van der Waals surface area (Å²) in [6.07, 6.45) is 0. The van der Waals surface area contributed by atoms with Gasteiger partial charge in [-0.2, -0.15) is 8.78 Å². The van der Waals surface area contributed by atoms with E-state index in [0.29, 0.717) is 9.95 Å². The average Bonchev–Trinajstić information content (AvgIpc) is 2.17. The third-order valence-corrected chi connectivity index (χ3v) is 2.58. The first-order chi connectivity index (χ1) is 7.09. The summed E-state index contributed by atoms with van der Waals surface area (Å²) in [6.45, 7) is -2.82. The number of fused-ring (bicyclic) bond motifs is 1. The van der Waals surface area contributed by atoms with Gasteiger partial charge in [0.1, 0.15) is 0 Å². The minimum Gasteiger partial charge on any atom is -0.269 e. The quantitative estimate of drug-likeness (QED) is 0.782. The van der Waals surface area contributed by atoms with Crippen LogP contribution in [0.2, 0.25) is 0 Å². The molecule has 2 rings (SSSR count). The summed E-state index contributed by atoms with van der Waals surface area (Å²) < 4.78 is 26.5. The van der Waals surface area contributed by atoms with Crippen molar-refractivity contribution in [2.75, 3.05) is 0 Å². The Labute approximate surface area is 92.3 Å². The fourth-order valence-corrected chi connectivity index (χ4v) is 1.82. The molecule has 2 nitrogen and oxygen atoms in total. The monoisotopic (exact) mass is 273 g/mol. The van der Waals surface area contributed by atoms with Crippen molar-refractivity contribution in [2.24, 2.45) is 0 Å². The van der Waals surface area contributed by atoms with Crippen molar-refractivity contribution in [1.82, 2.24) is 4.57 Å². The summed E-state index contributed by atoms with van der Waals surface area (Å²) in [7, 11) is 0. The highest BCUT2D eigenvalue weighted by Gasteiger charge is 2.11. The predicted octanol–water partition coefficient (Wildman–Crippen LogP) is 3.16. The zero-order chi connectivity index (χ0) is 11.0. The molecule has 0 radical (unpaired) electrons. The van der Waals surface area contributed by atoms with Crippen molar-refractivity contribution in [3.05, 3.63) is 45.2 Å². The van der Waals surface area contributed by atoms with Gasteiger partial charge in [0.25, 0.3) is 5.56 Å². The van der Waals surface area contributed by atoms with Gasteiger partial charge in [0, 0.05) is 10.5 Å². The lowest BCUT2D eigenvalue weighted by Gasteiger charge is -2.08. The van der Waals surface area contributed by atoms with E-state index in [1.807, 2.05) is 0 Å². The number of hydrogen-bond acceptors (Lipinski definition) is 1. The number of halogens is 3. The molecule has 0 atom stereocenters. The fraction of sp³-hybridized carbons (Fsp3) is 0.100. The maximum atomic E-state index is 12.6. The molecule has 0 bridgehead atoms. The van der Waals surface area contributed by atoms with Gasteiger partial charge in [0.15, 0.2) is 0 Å². The van der Waals surface area contributed by atoms with Gasteiger partial charge in [-0.15, -0.1) is 0 Å². The third kappa shape index (κ3) is 1.79. The third-order valence-electron chi connectivity index (χ3n) is 2.09. The van der Waals surface area contributed by atoms with E-state index in [9.17, 15) is 13.6 Å². The van der Waals surface area contributed by atoms with Crippen molar-refractivity contribution in [1.29, 1.82) is 0 Å². The number of alkyl halides is 2. The van der Waals surface area contributed by atoms with Crippen LogP contribution < -0.4 is 5.56 Å². The molecule has 0 unspecified atom stereocenters. The number of hydrogen-bond donors (Lipinski definition) is 0. The second-order valence-corrected chi connectivity index (χ2v) is 3.94.